The molecule has 0 bridgehead atoms. The highest BCUT2D eigenvalue weighted by molar-refractivity contribution is 7.13. The molecule has 7 heteroatoms. The SMILES string of the molecule is CCc1c(OC(=O)O)nn(-c2ccc(Cl)cc2)c1-c1cc(C)cs1. The first-order chi connectivity index (χ1) is 11.5. The molecule has 0 aliphatic carbocycles. The Balaban J connectivity index is 2.24. The van der Waals surface area contributed by atoms with Gasteiger partial charge in [0, 0.05) is 10.6 Å². The van der Waals surface area contributed by atoms with E-state index < -0.39 is 6.16 Å². The molecular weight excluding hydrogens is 348 g/mol. The summed E-state index contributed by atoms with van der Waals surface area (Å²) in [7, 11) is 0. The summed E-state index contributed by atoms with van der Waals surface area (Å²) in [5.74, 6) is 0.112. The van der Waals surface area contributed by atoms with Gasteiger partial charge in [0.05, 0.1) is 16.3 Å². The highest BCUT2D eigenvalue weighted by atomic mass is 35.5. The second-order valence-electron chi connectivity index (χ2n) is 5.23. The van der Waals surface area contributed by atoms with Crippen LogP contribution in [0.5, 0.6) is 5.88 Å². The van der Waals surface area contributed by atoms with Gasteiger partial charge in [-0.15, -0.1) is 16.4 Å². The van der Waals surface area contributed by atoms with E-state index in [0.29, 0.717) is 11.4 Å². The zero-order valence-electron chi connectivity index (χ0n) is 13.1. The number of carbonyl (C=O) groups is 1. The Hall–Kier alpha value is -2.31. The molecule has 2 aromatic heterocycles. The molecular formula is C17H15ClN2O3S. The van der Waals surface area contributed by atoms with Crippen LogP contribution in [0.15, 0.2) is 35.7 Å². The molecule has 5 nitrogen and oxygen atoms in total. The van der Waals surface area contributed by atoms with E-state index in [9.17, 15) is 4.79 Å². The second kappa shape index (κ2) is 6.67. The fourth-order valence-corrected chi connectivity index (χ4v) is 3.57. The quantitative estimate of drug-likeness (QED) is 0.649. The number of thiophene rings is 1. The lowest BCUT2D eigenvalue weighted by Crippen LogP contribution is -2.05. The highest BCUT2D eigenvalue weighted by Gasteiger charge is 2.23. The summed E-state index contributed by atoms with van der Waals surface area (Å²) in [6, 6.07) is 9.26. The lowest BCUT2D eigenvalue weighted by atomic mass is 10.1. The molecule has 0 saturated heterocycles. The van der Waals surface area contributed by atoms with Crippen LogP contribution in [0, 0.1) is 6.92 Å². The Labute approximate surface area is 148 Å². The maximum Gasteiger partial charge on any atom is 0.512 e. The maximum absolute atomic E-state index is 11.0. The van der Waals surface area contributed by atoms with E-state index in [2.05, 4.69) is 11.2 Å². The van der Waals surface area contributed by atoms with E-state index in [-0.39, 0.29) is 5.88 Å². The minimum Gasteiger partial charge on any atom is -0.449 e. The zero-order valence-corrected chi connectivity index (χ0v) is 14.7. The van der Waals surface area contributed by atoms with Crippen LogP contribution < -0.4 is 4.74 Å². The first-order valence-corrected chi connectivity index (χ1v) is 8.59. The first-order valence-electron chi connectivity index (χ1n) is 7.33. The molecule has 3 aromatic rings. The third kappa shape index (κ3) is 3.16. The molecule has 0 spiro atoms. The third-order valence-electron chi connectivity index (χ3n) is 3.52. The van der Waals surface area contributed by atoms with Crippen LogP contribution in [-0.4, -0.2) is 21.0 Å². The first kappa shape index (κ1) is 16.5. The molecule has 0 radical (unpaired) electrons. The van der Waals surface area contributed by atoms with Gasteiger partial charge in [0.15, 0.2) is 0 Å². The summed E-state index contributed by atoms with van der Waals surface area (Å²) in [6.45, 7) is 3.96. The fourth-order valence-electron chi connectivity index (χ4n) is 2.49. The van der Waals surface area contributed by atoms with Crippen molar-refractivity contribution >= 4 is 29.1 Å². The summed E-state index contributed by atoms with van der Waals surface area (Å²) in [5.41, 5.74) is 3.53. The van der Waals surface area contributed by atoms with E-state index in [4.69, 9.17) is 21.4 Å². The average molecular weight is 363 g/mol. The van der Waals surface area contributed by atoms with Gasteiger partial charge in [-0.3, -0.25) is 0 Å². The smallest absolute Gasteiger partial charge is 0.449 e. The normalized spacial score (nSPS) is 10.8. The van der Waals surface area contributed by atoms with Crippen LogP contribution in [0.25, 0.3) is 16.3 Å². The number of rotatable bonds is 4. The highest BCUT2D eigenvalue weighted by Crippen LogP contribution is 2.37. The predicted octanol–water partition coefficient (Wildman–Crippen LogP) is 5.18. The molecule has 3 rings (SSSR count). The van der Waals surface area contributed by atoms with Crippen molar-refractivity contribution in [2.75, 3.05) is 0 Å². The molecule has 0 aliphatic rings. The van der Waals surface area contributed by atoms with Crippen LogP contribution in [0.1, 0.15) is 18.1 Å². The van der Waals surface area contributed by atoms with Gasteiger partial charge in [-0.2, -0.15) is 0 Å². The Kier molecular flexibility index (Phi) is 4.59. The van der Waals surface area contributed by atoms with Crippen LogP contribution in [0.4, 0.5) is 4.79 Å². The van der Waals surface area contributed by atoms with Gasteiger partial charge in [0.25, 0.3) is 0 Å². The number of benzene rings is 1. The molecule has 124 valence electrons. The van der Waals surface area contributed by atoms with E-state index in [0.717, 1.165) is 27.4 Å². The van der Waals surface area contributed by atoms with Crippen LogP contribution in [-0.2, 0) is 6.42 Å². The van der Waals surface area contributed by atoms with Gasteiger partial charge in [-0.1, -0.05) is 18.5 Å². The number of hydrogen-bond donors (Lipinski definition) is 1. The summed E-state index contributed by atoms with van der Waals surface area (Å²) in [4.78, 5) is 12.0. The number of nitrogens with zero attached hydrogens (tertiary/aromatic N) is 2. The molecule has 0 atom stereocenters. The van der Waals surface area contributed by atoms with Crippen molar-refractivity contribution < 1.29 is 14.6 Å². The lowest BCUT2D eigenvalue weighted by Gasteiger charge is -2.07. The Morgan fingerprint density at radius 2 is 2.08 bits per heavy atom. The average Bonchev–Trinajstić information content (AvgIpc) is 3.10. The minimum absolute atomic E-state index is 0.112. The van der Waals surface area contributed by atoms with E-state index in [1.165, 1.54) is 0 Å². The summed E-state index contributed by atoms with van der Waals surface area (Å²) in [6.07, 6.45) is -0.776. The van der Waals surface area contributed by atoms with Gasteiger partial charge in [0.1, 0.15) is 0 Å². The van der Waals surface area contributed by atoms with Gasteiger partial charge < -0.3 is 9.84 Å². The molecule has 0 saturated carbocycles. The number of hydrogen-bond acceptors (Lipinski definition) is 4. The molecule has 24 heavy (non-hydrogen) atoms. The monoisotopic (exact) mass is 362 g/mol. The van der Waals surface area contributed by atoms with E-state index in [1.54, 1.807) is 28.2 Å². The summed E-state index contributed by atoms with van der Waals surface area (Å²) >= 11 is 7.55. The largest absolute Gasteiger partial charge is 0.512 e. The predicted molar refractivity (Wildman–Crippen MR) is 94.7 cm³/mol. The van der Waals surface area contributed by atoms with E-state index >= 15 is 0 Å². The molecule has 1 aromatic carbocycles. The van der Waals surface area contributed by atoms with E-state index in [1.807, 2.05) is 31.4 Å². The Morgan fingerprint density at radius 1 is 1.38 bits per heavy atom. The number of aryl methyl sites for hydroxylation is 1. The second-order valence-corrected chi connectivity index (χ2v) is 6.58. The number of carboxylic acid groups (broad SMARTS) is 1. The van der Waals surface area contributed by atoms with Crippen molar-refractivity contribution in [2.45, 2.75) is 20.3 Å². The number of halogens is 1. The molecule has 2 heterocycles. The van der Waals surface area contributed by atoms with Crippen molar-refractivity contribution in [3.63, 3.8) is 0 Å². The van der Waals surface area contributed by atoms with Gasteiger partial charge in [-0.25, -0.2) is 9.48 Å². The molecule has 0 aliphatic heterocycles. The topological polar surface area (TPSA) is 64.3 Å². The Bertz CT molecular complexity index is 884. The molecule has 1 N–H and O–H groups in total. The number of aromatic nitrogens is 2. The van der Waals surface area contributed by atoms with Gasteiger partial charge in [-0.05, 0) is 54.6 Å². The molecule has 0 amide bonds. The van der Waals surface area contributed by atoms with Crippen molar-refractivity contribution in [1.29, 1.82) is 0 Å². The fraction of sp³-hybridized carbons (Fsp3) is 0.176. The minimum atomic E-state index is -1.38. The maximum atomic E-state index is 11.0. The van der Waals surface area contributed by atoms with Crippen molar-refractivity contribution in [3.8, 4) is 22.1 Å². The summed E-state index contributed by atoms with van der Waals surface area (Å²) in [5, 5.41) is 16.0. The summed E-state index contributed by atoms with van der Waals surface area (Å²) < 4.78 is 6.60. The lowest BCUT2D eigenvalue weighted by molar-refractivity contribution is 0.142. The third-order valence-corrected chi connectivity index (χ3v) is 4.83. The van der Waals surface area contributed by atoms with Crippen LogP contribution >= 0.6 is 22.9 Å². The molecule has 0 fully saturated rings. The van der Waals surface area contributed by atoms with Crippen molar-refractivity contribution in [2.24, 2.45) is 0 Å². The standard InChI is InChI=1S/C17H15ClN2O3S/c1-3-13-15(14-8-10(2)9-24-14)20(19-16(13)23-17(21)22)12-6-4-11(18)5-7-12/h4-9H,3H2,1-2H3,(H,21,22). The zero-order chi connectivity index (χ0) is 17.3. The Morgan fingerprint density at radius 3 is 2.62 bits per heavy atom. The number of ether oxygens (including phenoxy) is 1. The van der Waals surface area contributed by atoms with Crippen molar-refractivity contribution in [3.05, 3.63) is 51.9 Å². The van der Waals surface area contributed by atoms with Gasteiger partial charge in [0.2, 0.25) is 5.88 Å². The molecule has 0 unspecified atom stereocenters. The van der Waals surface area contributed by atoms with Gasteiger partial charge >= 0.3 is 6.16 Å². The van der Waals surface area contributed by atoms with Crippen LogP contribution in [0.3, 0.4) is 0 Å². The van der Waals surface area contributed by atoms with Crippen molar-refractivity contribution in [1.82, 2.24) is 9.78 Å². The van der Waals surface area contributed by atoms with Crippen LogP contribution in [0.2, 0.25) is 5.02 Å².